The van der Waals surface area contributed by atoms with Gasteiger partial charge in [0.2, 0.25) is 0 Å². The average molecular weight is 240 g/mol. The van der Waals surface area contributed by atoms with Crippen molar-refractivity contribution < 1.29 is 4.52 Å². The summed E-state index contributed by atoms with van der Waals surface area (Å²) < 4.78 is 5.57. The molecule has 2 aliphatic rings. The predicted molar refractivity (Wildman–Crippen MR) is 69.2 cm³/mol. The van der Waals surface area contributed by atoms with Crippen LogP contribution in [0.4, 0.5) is 0 Å². The lowest BCUT2D eigenvalue weighted by atomic mass is 9.87. The second-order valence-corrected chi connectivity index (χ2v) is 5.37. The number of aromatic nitrogens is 1. The molecular weight excluding hydrogens is 224 g/mol. The van der Waals surface area contributed by atoms with Crippen LogP contribution in [0.1, 0.15) is 30.9 Å². The van der Waals surface area contributed by atoms with Crippen LogP contribution in [0.3, 0.4) is 0 Å². The molecule has 3 heterocycles. The zero-order chi connectivity index (χ0) is 11.9. The number of rotatable bonds is 2. The Morgan fingerprint density at radius 3 is 2.78 bits per heavy atom. The Morgan fingerprint density at radius 1 is 1.17 bits per heavy atom. The van der Waals surface area contributed by atoms with Crippen molar-refractivity contribution in [1.82, 2.24) is 10.5 Å². The van der Waals surface area contributed by atoms with Gasteiger partial charge in [0.05, 0.1) is 0 Å². The van der Waals surface area contributed by atoms with Crippen molar-refractivity contribution >= 4 is 0 Å². The minimum absolute atomic E-state index is 0.522. The van der Waals surface area contributed by atoms with E-state index >= 15 is 0 Å². The summed E-state index contributed by atoms with van der Waals surface area (Å²) in [6.07, 6.45) is 3.80. The molecule has 0 amide bonds. The molecule has 0 aliphatic carbocycles. The van der Waals surface area contributed by atoms with Gasteiger partial charge in [-0.05, 0) is 19.3 Å². The topological polar surface area (TPSA) is 38.1 Å². The number of hydrogen-bond donors (Lipinski definition) is 1. The summed E-state index contributed by atoms with van der Waals surface area (Å²) in [6, 6.07) is 13.6. The number of nitrogens with zero attached hydrogens (tertiary/aromatic N) is 1. The lowest BCUT2D eigenvalue weighted by Gasteiger charge is -2.16. The summed E-state index contributed by atoms with van der Waals surface area (Å²) >= 11 is 0. The monoisotopic (exact) mass is 240 g/mol. The van der Waals surface area contributed by atoms with Crippen molar-refractivity contribution in [1.29, 1.82) is 0 Å². The summed E-state index contributed by atoms with van der Waals surface area (Å²) in [5, 5.41) is 7.85. The van der Waals surface area contributed by atoms with E-state index in [9.17, 15) is 0 Å². The van der Waals surface area contributed by atoms with E-state index in [0.29, 0.717) is 18.0 Å². The molecule has 0 radical (unpaired) electrons. The van der Waals surface area contributed by atoms with Crippen molar-refractivity contribution in [3.63, 3.8) is 0 Å². The van der Waals surface area contributed by atoms with Crippen LogP contribution in [-0.4, -0.2) is 17.2 Å². The van der Waals surface area contributed by atoms with E-state index < -0.39 is 0 Å². The minimum Gasteiger partial charge on any atom is -0.360 e. The lowest BCUT2D eigenvalue weighted by molar-refractivity contribution is 0.338. The molecule has 2 fully saturated rings. The van der Waals surface area contributed by atoms with Gasteiger partial charge in [-0.1, -0.05) is 35.5 Å². The van der Waals surface area contributed by atoms with E-state index in [4.69, 9.17) is 4.52 Å². The Kier molecular flexibility index (Phi) is 2.27. The van der Waals surface area contributed by atoms with E-state index in [0.717, 1.165) is 17.0 Å². The first-order chi connectivity index (χ1) is 8.90. The highest BCUT2D eigenvalue weighted by atomic mass is 16.5. The SMILES string of the molecule is c1ccc(-c2cc([C@H]3C[C@@H]4CC[C@H]3N4)on2)cc1. The van der Waals surface area contributed by atoms with Gasteiger partial charge in [0.1, 0.15) is 11.5 Å². The maximum atomic E-state index is 5.57. The van der Waals surface area contributed by atoms with Crippen LogP contribution in [0.2, 0.25) is 0 Å². The molecule has 1 N–H and O–H groups in total. The lowest BCUT2D eigenvalue weighted by Crippen LogP contribution is -2.21. The molecular formula is C15H16N2O. The second kappa shape index (κ2) is 3.95. The molecule has 92 valence electrons. The molecule has 1 aromatic carbocycles. The largest absolute Gasteiger partial charge is 0.360 e. The Hall–Kier alpha value is -1.61. The van der Waals surface area contributed by atoms with E-state index in [1.165, 1.54) is 19.3 Å². The molecule has 18 heavy (non-hydrogen) atoms. The molecule has 1 aromatic heterocycles. The number of fused-ring (bicyclic) bond motifs is 2. The highest BCUT2D eigenvalue weighted by molar-refractivity contribution is 5.58. The third-order valence-corrected chi connectivity index (χ3v) is 4.26. The number of benzene rings is 1. The van der Waals surface area contributed by atoms with Crippen LogP contribution in [0.25, 0.3) is 11.3 Å². The summed E-state index contributed by atoms with van der Waals surface area (Å²) in [5.41, 5.74) is 2.08. The van der Waals surface area contributed by atoms with E-state index in [2.05, 4.69) is 28.7 Å². The third-order valence-electron chi connectivity index (χ3n) is 4.26. The molecule has 2 aliphatic heterocycles. The quantitative estimate of drug-likeness (QED) is 0.877. The molecule has 0 unspecified atom stereocenters. The standard InChI is InChI=1S/C15H16N2O/c1-2-4-10(5-3-1)14-9-15(18-17-14)12-8-11-6-7-13(12)16-11/h1-5,9,11-13,16H,6-8H2/t11-,12-,13+/m0/s1. The first-order valence-corrected chi connectivity index (χ1v) is 6.68. The smallest absolute Gasteiger partial charge is 0.142 e. The van der Waals surface area contributed by atoms with Crippen LogP contribution < -0.4 is 5.32 Å². The normalized spacial score (nSPS) is 29.9. The van der Waals surface area contributed by atoms with Crippen LogP contribution >= 0.6 is 0 Å². The zero-order valence-electron chi connectivity index (χ0n) is 10.2. The Balaban J connectivity index is 1.63. The molecule has 3 nitrogen and oxygen atoms in total. The summed E-state index contributed by atoms with van der Waals surface area (Å²) in [5.74, 6) is 1.57. The van der Waals surface area contributed by atoms with Gasteiger partial charge in [-0.15, -0.1) is 0 Å². The predicted octanol–water partition coefficient (Wildman–Crippen LogP) is 2.95. The van der Waals surface area contributed by atoms with Gasteiger partial charge in [-0.2, -0.15) is 0 Å². The van der Waals surface area contributed by atoms with Crippen LogP contribution in [-0.2, 0) is 0 Å². The molecule has 4 rings (SSSR count). The Morgan fingerprint density at radius 2 is 2.06 bits per heavy atom. The molecule has 3 heteroatoms. The highest BCUT2D eigenvalue weighted by Gasteiger charge is 2.41. The third kappa shape index (κ3) is 1.58. The van der Waals surface area contributed by atoms with E-state index in [-0.39, 0.29) is 0 Å². The van der Waals surface area contributed by atoms with Crippen molar-refractivity contribution in [3.8, 4) is 11.3 Å². The minimum atomic E-state index is 0.522. The van der Waals surface area contributed by atoms with Gasteiger partial charge in [-0.25, -0.2) is 0 Å². The van der Waals surface area contributed by atoms with E-state index in [1.54, 1.807) is 0 Å². The first kappa shape index (κ1) is 10.3. The van der Waals surface area contributed by atoms with Gasteiger partial charge >= 0.3 is 0 Å². The van der Waals surface area contributed by atoms with Crippen LogP contribution in [0.5, 0.6) is 0 Å². The van der Waals surface area contributed by atoms with Crippen molar-refractivity contribution in [3.05, 3.63) is 42.2 Å². The molecule has 2 aromatic rings. The molecule has 2 bridgehead atoms. The Labute approximate surface area is 106 Å². The van der Waals surface area contributed by atoms with Crippen molar-refractivity contribution in [2.24, 2.45) is 0 Å². The average Bonchev–Trinajstić information content (AvgIpc) is 3.15. The molecule has 2 saturated heterocycles. The summed E-state index contributed by atoms with van der Waals surface area (Å²) in [6.45, 7) is 0. The van der Waals surface area contributed by atoms with Gasteiger partial charge < -0.3 is 9.84 Å². The van der Waals surface area contributed by atoms with Crippen molar-refractivity contribution in [2.45, 2.75) is 37.3 Å². The molecule has 0 spiro atoms. The maximum Gasteiger partial charge on any atom is 0.142 e. The van der Waals surface area contributed by atoms with Gasteiger partial charge in [0, 0.05) is 29.6 Å². The number of nitrogens with one attached hydrogen (secondary N) is 1. The number of hydrogen-bond acceptors (Lipinski definition) is 3. The maximum absolute atomic E-state index is 5.57. The summed E-state index contributed by atoms with van der Waals surface area (Å²) in [7, 11) is 0. The van der Waals surface area contributed by atoms with Gasteiger partial charge in [0.15, 0.2) is 0 Å². The fourth-order valence-corrected chi connectivity index (χ4v) is 3.35. The second-order valence-electron chi connectivity index (χ2n) is 5.37. The van der Waals surface area contributed by atoms with Crippen LogP contribution in [0.15, 0.2) is 40.9 Å². The van der Waals surface area contributed by atoms with Gasteiger partial charge in [-0.3, -0.25) is 0 Å². The van der Waals surface area contributed by atoms with Crippen LogP contribution in [0, 0.1) is 0 Å². The van der Waals surface area contributed by atoms with Gasteiger partial charge in [0.25, 0.3) is 0 Å². The first-order valence-electron chi connectivity index (χ1n) is 6.68. The molecule has 3 atom stereocenters. The highest BCUT2D eigenvalue weighted by Crippen LogP contribution is 2.40. The van der Waals surface area contributed by atoms with E-state index in [1.807, 2.05) is 18.2 Å². The zero-order valence-corrected chi connectivity index (χ0v) is 10.2. The fraction of sp³-hybridized carbons (Fsp3) is 0.400. The molecule has 0 saturated carbocycles. The fourth-order valence-electron chi connectivity index (χ4n) is 3.35. The Bertz CT molecular complexity index is 549. The van der Waals surface area contributed by atoms with Crippen molar-refractivity contribution in [2.75, 3.05) is 0 Å². The summed E-state index contributed by atoms with van der Waals surface area (Å²) in [4.78, 5) is 0.